The molecule has 2 N–H and O–H groups in total. The largest absolute Gasteiger partial charge is 0.481 e. The van der Waals surface area contributed by atoms with Crippen LogP contribution < -0.4 is 15.4 Å². The molecule has 0 atom stereocenters. The second-order valence-electron chi connectivity index (χ2n) is 5.47. The molecule has 1 aliphatic heterocycles. The first-order valence-electron chi connectivity index (χ1n) is 7.65. The number of anilines is 2. The number of hydrogen-bond donors (Lipinski definition) is 2. The van der Waals surface area contributed by atoms with Gasteiger partial charge in [-0.05, 0) is 24.3 Å². The maximum absolute atomic E-state index is 11.6. The number of para-hydroxylation sites is 1. The Morgan fingerprint density at radius 2 is 2.12 bits per heavy atom. The molecule has 7 nitrogen and oxygen atoms in total. The van der Waals surface area contributed by atoms with Gasteiger partial charge in [-0.2, -0.15) is 0 Å². The van der Waals surface area contributed by atoms with Crippen molar-refractivity contribution in [1.82, 2.24) is 14.8 Å². The van der Waals surface area contributed by atoms with E-state index in [1.165, 1.54) is 0 Å². The molecule has 8 heteroatoms. The van der Waals surface area contributed by atoms with Crippen LogP contribution in [-0.2, 0) is 11.3 Å². The van der Waals surface area contributed by atoms with E-state index < -0.39 is 0 Å². The SMILES string of the molecule is O=C1COc2cc(Br)cc(NCc3nncn3-c3ccccc3)c2N1. The predicted octanol–water partition coefficient (Wildman–Crippen LogP) is 2.97. The van der Waals surface area contributed by atoms with Crippen LogP contribution >= 0.6 is 15.9 Å². The van der Waals surface area contributed by atoms with Gasteiger partial charge in [0.15, 0.2) is 12.4 Å². The molecule has 1 aliphatic rings. The van der Waals surface area contributed by atoms with E-state index in [9.17, 15) is 4.79 Å². The molecular weight excluding hydrogens is 386 g/mol. The van der Waals surface area contributed by atoms with Crippen molar-refractivity contribution in [3.63, 3.8) is 0 Å². The number of carbonyl (C=O) groups is 1. The summed E-state index contributed by atoms with van der Waals surface area (Å²) in [6.07, 6.45) is 1.67. The minimum atomic E-state index is -0.176. The van der Waals surface area contributed by atoms with Gasteiger partial charge in [-0.15, -0.1) is 10.2 Å². The number of nitrogens with one attached hydrogen (secondary N) is 2. The summed E-state index contributed by atoms with van der Waals surface area (Å²) >= 11 is 3.46. The third-order valence-corrected chi connectivity index (χ3v) is 4.24. The fourth-order valence-electron chi connectivity index (χ4n) is 2.64. The smallest absolute Gasteiger partial charge is 0.262 e. The lowest BCUT2D eigenvalue weighted by Gasteiger charge is -2.22. The third kappa shape index (κ3) is 3.20. The lowest BCUT2D eigenvalue weighted by Crippen LogP contribution is -2.26. The number of benzene rings is 2. The van der Waals surface area contributed by atoms with E-state index >= 15 is 0 Å². The highest BCUT2D eigenvalue weighted by Crippen LogP contribution is 2.38. The van der Waals surface area contributed by atoms with Gasteiger partial charge in [-0.3, -0.25) is 9.36 Å². The first-order valence-corrected chi connectivity index (χ1v) is 8.44. The summed E-state index contributed by atoms with van der Waals surface area (Å²) in [5, 5.41) is 14.3. The van der Waals surface area contributed by atoms with Crippen LogP contribution in [0.25, 0.3) is 5.69 Å². The maximum Gasteiger partial charge on any atom is 0.262 e. The van der Waals surface area contributed by atoms with Crippen molar-refractivity contribution in [2.45, 2.75) is 6.54 Å². The summed E-state index contributed by atoms with van der Waals surface area (Å²) in [5.74, 6) is 1.20. The fraction of sp³-hybridized carbons (Fsp3) is 0.118. The zero-order valence-corrected chi connectivity index (χ0v) is 14.7. The highest BCUT2D eigenvalue weighted by Gasteiger charge is 2.20. The molecular formula is C17H14BrN5O2. The topological polar surface area (TPSA) is 81.1 Å². The molecule has 126 valence electrons. The summed E-state index contributed by atoms with van der Waals surface area (Å²) in [6.45, 7) is 0.457. The molecule has 0 aliphatic carbocycles. The second-order valence-corrected chi connectivity index (χ2v) is 6.39. The van der Waals surface area contributed by atoms with Crippen molar-refractivity contribution < 1.29 is 9.53 Å². The summed E-state index contributed by atoms with van der Waals surface area (Å²) in [7, 11) is 0. The van der Waals surface area contributed by atoms with Gasteiger partial charge >= 0.3 is 0 Å². The minimum Gasteiger partial charge on any atom is -0.481 e. The van der Waals surface area contributed by atoms with Gasteiger partial charge in [0.05, 0.1) is 12.2 Å². The number of fused-ring (bicyclic) bond motifs is 1. The van der Waals surface area contributed by atoms with Crippen molar-refractivity contribution in [3.8, 4) is 11.4 Å². The average molecular weight is 400 g/mol. The van der Waals surface area contributed by atoms with Crippen molar-refractivity contribution in [2.24, 2.45) is 0 Å². The van der Waals surface area contributed by atoms with E-state index in [-0.39, 0.29) is 12.5 Å². The summed E-state index contributed by atoms with van der Waals surface area (Å²) in [4.78, 5) is 11.6. The highest BCUT2D eigenvalue weighted by atomic mass is 79.9. The Morgan fingerprint density at radius 1 is 1.28 bits per heavy atom. The molecule has 2 heterocycles. The van der Waals surface area contributed by atoms with Crippen LogP contribution in [0.3, 0.4) is 0 Å². The highest BCUT2D eigenvalue weighted by molar-refractivity contribution is 9.10. The Kier molecular flexibility index (Phi) is 4.10. The number of nitrogens with zero attached hydrogens (tertiary/aromatic N) is 3. The molecule has 0 radical (unpaired) electrons. The number of carbonyl (C=O) groups excluding carboxylic acids is 1. The van der Waals surface area contributed by atoms with E-state index in [4.69, 9.17) is 4.74 Å². The minimum absolute atomic E-state index is 0.0191. The monoisotopic (exact) mass is 399 g/mol. The number of aromatic nitrogens is 3. The van der Waals surface area contributed by atoms with E-state index in [0.717, 1.165) is 21.7 Å². The Labute approximate surface area is 152 Å². The molecule has 0 saturated heterocycles. The van der Waals surface area contributed by atoms with Gasteiger partial charge in [0.25, 0.3) is 5.91 Å². The number of rotatable bonds is 4. The third-order valence-electron chi connectivity index (χ3n) is 3.78. The van der Waals surface area contributed by atoms with Gasteiger partial charge in [0, 0.05) is 10.2 Å². The van der Waals surface area contributed by atoms with Crippen molar-refractivity contribution in [1.29, 1.82) is 0 Å². The Bertz CT molecular complexity index is 926. The Balaban J connectivity index is 1.60. The number of ether oxygens (including phenoxy) is 1. The maximum atomic E-state index is 11.6. The molecule has 1 aromatic heterocycles. The van der Waals surface area contributed by atoms with Gasteiger partial charge in [-0.1, -0.05) is 34.1 Å². The molecule has 0 unspecified atom stereocenters. The van der Waals surface area contributed by atoms with Gasteiger partial charge in [-0.25, -0.2) is 0 Å². The first-order chi connectivity index (χ1) is 12.2. The molecule has 3 aromatic rings. The lowest BCUT2D eigenvalue weighted by molar-refractivity contribution is -0.118. The normalized spacial score (nSPS) is 12.9. The number of hydrogen-bond acceptors (Lipinski definition) is 5. The lowest BCUT2D eigenvalue weighted by atomic mass is 10.2. The van der Waals surface area contributed by atoms with Crippen LogP contribution in [0.4, 0.5) is 11.4 Å². The van der Waals surface area contributed by atoms with Crippen molar-refractivity contribution in [3.05, 3.63) is 59.1 Å². The van der Waals surface area contributed by atoms with E-state index in [2.05, 4.69) is 36.8 Å². The van der Waals surface area contributed by atoms with Crippen LogP contribution in [0.2, 0.25) is 0 Å². The number of halogens is 1. The molecule has 0 fully saturated rings. The quantitative estimate of drug-likeness (QED) is 0.704. The predicted molar refractivity (Wildman–Crippen MR) is 97.0 cm³/mol. The molecule has 25 heavy (non-hydrogen) atoms. The Morgan fingerprint density at radius 3 is 2.96 bits per heavy atom. The zero-order chi connectivity index (χ0) is 17.2. The molecule has 2 aromatic carbocycles. The molecule has 0 saturated carbocycles. The van der Waals surface area contributed by atoms with Gasteiger partial charge < -0.3 is 15.4 Å². The molecule has 0 bridgehead atoms. The number of amides is 1. The van der Waals surface area contributed by atoms with E-state index in [0.29, 0.717) is 18.0 Å². The average Bonchev–Trinajstić information content (AvgIpc) is 3.09. The van der Waals surface area contributed by atoms with Crippen LogP contribution in [-0.4, -0.2) is 27.3 Å². The van der Waals surface area contributed by atoms with Crippen molar-refractivity contribution >= 4 is 33.2 Å². The van der Waals surface area contributed by atoms with E-state index in [1.54, 1.807) is 6.33 Å². The Hall–Kier alpha value is -2.87. The second kappa shape index (κ2) is 6.56. The molecule has 0 spiro atoms. The fourth-order valence-corrected chi connectivity index (χ4v) is 3.08. The first kappa shape index (κ1) is 15.6. The standard InChI is InChI=1S/C17H14BrN5O2/c18-11-6-13(17-14(7-11)25-9-16(24)21-17)19-8-15-22-20-10-23(15)12-4-2-1-3-5-12/h1-7,10,19H,8-9H2,(H,21,24). The molecule has 1 amide bonds. The summed E-state index contributed by atoms with van der Waals surface area (Å²) < 4.78 is 8.24. The van der Waals surface area contributed by atoms with Crippen LogP contribution in [0.5, 0.6) is 5.75 Å². The van der Waals surface area contributed by atoms with Gasteiger partial charge in [0.1, 0.15) is 17.8 Å². The van der Waals surface area contributed by atoms with Crippen LogP contribution in [0.1, 0.15) is 5.82 Å². The van der Waals surface area contributed by atoms with Gasteiger partial charge in [0.2, 0.25) is 0 Å². The zero-order valence-electron chi connectivity index (χ0n) is 13.1. The van der Waals surface area contributed by atoms with Crippen LogP contribution in [0, 0.1) is 0 Å². The van der Waals surface area contributed by atoms with Crippen LogP contribution in [0.15, 0.2) is 53.3 Å². The molecule has 4 rings (SSSR count). The summed E-state index contributed by atoms with van der Waals surface area (Å²) in [6, 6.07) is 13.6. The summed E-state index contributed by atoms with van der Waals surface area (Å²) in [5.41, 5.74) is 2.36. The van der Waals surface area contributed by atoms with E-state index in [1.807, 2.05) is 47.0 Å². The van der Waals surface area contributed by atoms with Crippen molar-refractivity contribution in [2.75, 3.05) is 17.2 Å².